The van der Waals surface area contributed by atoms with E-state index in [-0.39, 0.29) is 0 Å². The molecule has 12 nitrogen and oxygen atoms in total. The summed E-state index contributed by atoms with van der Waals surface area (Å²) in [5.41, 5.74) is 42.8. The molecule has 0 unspecified atom stereocenters. The zero-order chi connectivity index (χ0) is 103. The predicted octanol–water partition coefficient (Wildman–Crippen LogP) is 30.8. The average Bonchev–Trinajstić information content (AvgIpc) is 1.76. The van der Waals surface area contributed by atoms with Gasteiger partial charge in [-0.15, -0.1) is 0 Å². The van der Waals surface area contributed by atoms with Crippen molar-refractivity contribution in [3.8, 4) is 125 Å². The molecule has 0 saturated heterocycles. The number of benzene rings is 13. The lowest BCUT2D eigenvalue weighted by Gasteiger charge is -2.24. The Labute approximate surface area is 855 Å². The molecule has 0 N–H and O–H groups in total. The Kier molecular flexibility index (Phi) is 26.9. The van der Waals surface area contributed by atoms with Crippen LogP contribution >= 0.6 is 0 Å². The zero-order valence-electron chi connectivity index (χ0n) is 88.4. The van der Waals surface area contributed by atoms with Crippen molar-refractivity contribution in [2.24, 2.45) is 28.2 Å². The van der Waals surface area contributed by atoms with Crippen LogP contribution < -0.4 is 33.8 Å². The van der Waals surface area contributed by atoms with Crippen LogP contribution in [0.15, 0.2) is 297 Å². The van der Waals surface area contributed by atoms with Crippen LogP contribution in [0.2, 0.25) is 58.9 Å². The lowest BCUT2D eigenvalue weighted by atomic mass is 9.95. The molecule has 15 heteroatoms. The van der Waals surface area contributed by atoms with Gasteiger partial charge >= 0.3 is 0 Å². The molecule has 8 heterocycles. The van der Waals surface area contributed by atoms with E-state index in [1.807, 2.05) is 127 Å². The van der Waals surface area contributed by atoms with Crippen LogP contribution in [0.3, 0.4) is 0 Å². The van der Waals surface area contributed by atoms with E-state index in [1.165, 1.54) is 83.4 Å². The summed E-state index contributed by atoms with van der Waals surface area (Å²) in [6, 6.07) is 105. The zero-order valence-corrected chi connectivity index (χ0v) is 91.4. The van der Waals surface area contributed by atoms with E-state index in [0.717, 1.165) is 177 Å². The number of rotatable bonds is 14. The summed E-state index contributed by atoms with van der Waals surface area (Å²) in [6.07, 6.45) is 0. The van der Waals surface area contributed by atoms with Crippen LogP contribution in [0.5, 0.6) is 0 Å². The summed E-state index contributed by atoms with van der Waals surface area (Å²) in [5, 5.41) is 51.8. The van der Waals surface area contributed by atoms with Gasteiger partial charge in [-0.25, -0.2) is 0 Å². The van der Waals surface area contributed by atoms with Gasteiger partial charge in [-0.2, -0.15) is 39.3 Å². The van der Waals surface area contributed by atoms with Gasteiger partial charge in [0.25, 0.3) is 0 Å². The maximum atomic E-state index is 9.82. The molecule has 13 aromatic carbocycles. The van der Waals surface area contributed by atoms with Gasteiger partial charge < -0.3 is 17.7 Å². The largest absolute Gasteiger partial charge is 0.454 e. The fourth-order valence-electron chi connectivity index (χ4n) is 22.2. The number of fused-ring (bicyclic) bond motifs is 12. The van der Waals surface area contributed by atoms with E-state index in [4.69, 9.17) is 17.7 Å². The van der Waals surface area contributed by atoms with Gasteiger partial charge in [-0.3, -0.25) is 0 Å². The highest BCUT2D eigenvalue weighted by atomic mass is 28.3. The molecule has 0 aliphatic heterocycles. The summed E-state index contributed by atoms with van der Waals surface area (Å²) in [5.74, 6) is 0.890. The maximum Gasteiger partial charge on any atom is 0.217 e. The van der Waals surface area contributed by atoms with Gasteiger partial charge in [0.05, 0.1) is 93.0 Å². The quantitative estimate of drug-likeness (QED) is 0.0767. The minimum absolute atomic E-state index is 0.429. The normalized spacial score (nSPS) is 11.8. The van der Waals surface area contributed by atoms with Gasteiger partial charge in [-0.05, 0) is 167 Å². The van der Waals surface area contributed by atoms with E-state index in [0.29, 0.717) is 34.1 Å². The van der Waals surface area contributed by atoms with E-state index >= 15 is 0 Å². The predicted molar refractivity (Wildman–Crippen MR) is 607 cm³/mol. The second-order valence-corrected chi connectivity index (χ2v) is 58.0. The molecule has 0 amide bonds. The van der Waals surface area contributed by atoms with E-state index in [1.54, 1.807) is 5.19 Å². The number of pyridine rings is 4. The van der Waals surface area contributed by atoms with Crippen molar-refractivity contribution < 1.29 is 35.9 Å². The molecule has 0 saturated carbocycles. The van der Waals surface area contributed by atoms with Gasteiger partial charge in [0.2, 0.25) is 22.8 Å². The second kappa shape index (κ2) is 39.2. The average molecular weight is 1950 g/mol. The molecule has 145 heavy (non-hydrogen) atoms. The molecule has 21 aromatic rings. The smallest absolute Gasteiger partial charge is 0.217 e. The summed E-state index contributed by atoms with van der Waals surface area (Å²) in [4.78, 5) is 0. The van der Waals surface area contributed by atoms with Crippen LogP contribution in [0.1, 0.15) is 124 Å². The van der Waals surface area contributed by atoms with Gasteiger partial charge in [0.1, 0.15) is 72.9 Å². The minimum atomic E-state index is -1.62. The number of furan rings is 4. The maximum absolute atomic E-state index is 9.82. The number of nitriles is 4. The third kappa shape index (κ3) is 18.3. The first kappa shape index (κ1) is 99.4. The molecule has 21 rings (SSSR count). The highest BCUT2D eigenvalue weighted by Crippen LogP contribution is 2.49. The van der Waals surface area contributed by atoms with Crippen LogP contribution in [0.25, 0.3) is 188 Å². The Morgan fingerprint density at radius 2 is 0.531 bits per heavy atom. The van der Waals surface area contributed by atoms with E-state index in [9.17, 15) is 21.0 Å². The Hall–Kier alpha value is -15.7. The molecular weight excluding hydrogens is 1820 g/mol. The van der Waals surface area contributed by atoms with Crippen molar-refractivity contribution in [1.82, 2.24) is 0 Å². The molecule has 8 aromatic heterocycles. The highest BCUT2D eigenvalue weighted by Gasteiger charge is 2.38. The third-order valence-corrected chi connectivity index (χ3v) is 35.9. The number of aryl methyl sites for hydroxylation is 6. The summed E-state index contributed by atoms with van der Waals surface area (Å²) in [6.45, 7) is 50.8. The Morgan fingerprint density at radius 1 is 0.248 bits per heavy atom. The first-order valence-electron chi connectivity index (χ1n) is 50.2. The molecular formula is C130H126N8O4Si3+4. The summed E-state index contributed by atoms with van der Waals surface area (Å²) < 4.78 is 36.3. The summed E-state index contributed by atoms with van der Waals surface area (Å²) >= 11 is 0. The Morgan fingerprint density at radius 3 is 0.821 bits per heavy atom. The van der Waals surface area contributed by atoms with Crippen LogP contribution in [0, 0.1) is 108 Å². The molecule has 718 valence electrons. The molecule has 0 bridgehead atoms. The monoisotopic (exact) mass is 1950 g/mol. The van der Waals surface area contributed by atoms with Crippen LogP contribution in [-0.2, 0) is 28.2 Å². The number of hydrogen-bond donors (Lipinski definition) is 0. The van der Waals surface area contributed by atoms with Gasteiger partial charge in [-0.1, -0.05) is 287 Å². The third-order valence-electron chi connectivity index (χ3n) is 29.4. The van der Waals surface area contributed by atoms with Crippen LogP contribution in [-0.4, -0.2) is 24.2 Å². The van der Waals surface area contributed by atoms with Crippen molar-refractivity contribution in [3.63, 3.8) is 0 Å². The standard InChI is InChI=1S/2C33H35N2OSi.C33H25N2O.C31H31N2OSi/c1-20(2)26-18-29(35(5)22(4)33(26)37(6,7)8)30-21(3)14-15-25-28-17-23(19-34)16-27(31(28)36-32(25)30)24-12-10-9-11-13-24;1-20(2)30-22(4)35(5)28(18-29(30)37(6,7)8)31-21(3)14-15-25-27-17-23(19-34)16-26(32(27)36-33(25)31)24-12-10-9-11-13-24;1-21-14-15-27-29-18-23(20-34)17-28(25-12-8-5-9-13-25)32(29)36-33(27)31(21)30-19-26(16-22(2)35(30)3)24-10-6-4-7-11-24;1-19-13-14-24-26-17-22(18-32)16-25(23-11-9-8-10-12-23)29(26)34-30(24)28(19)27-15-20(2)31(35(5,6)7)21(3)33(27)4/h2*9-18,20H,1-8H3;4-19H,1-3H3;8-17H,1-7H3/q4*+1. The topological polar surface area (TPSA) is 163 Å². The van der Waals surface area contributed by atoms with Gasteiger partial charge in [0.15, 0.2) is 22.8 Å². The molecule has 0 radical (unpaired) electrons. The van der Waals surface area contributed by atoms with Crippen molar-refractivity contribution in [3.05, 3.63) is 363 Å². The molecule has 0 aliphatic rings. The SMILES string of the molecule is Cc1cc(-c2c(C)ccc3c2oc2c(-c4ccccc4)cc(C#N)cc23)[n+](C)c(C)c1[Si](C)(C)C.Cc1ccc2c(oc3c(-c4ccccc4)cc(C#N)cc32)c1-c1cc(-c2ccccc2)cc(C)[n+]1C.Cc1ccc2c(oc3c(-c4ccccc4)cc(C#N)cc32)c1-c1cc(C(C)C)c([Si](C)(C)C)c(C)[n+]1C.Cc1ccc2c(oc3c(-c4ccccc4)cc(C#N)cc32)c1-c1cc([Si](C)(C)C)c(C(C)C)c(C)[n+]1C. The number of hydrogen-bond acceptors (Lipinski definition) is 8. The van der Waals surface area contributed by atoms with Crippen molar-refractivity contribution in [2.45, 2.75) is 161 Å². The molecule has 0 spiro atoms. The molecule has 0 fully saturated rings. The van der Waals surface area contributed by atoms with Crippen LogP contribution in [0.4, 0.5) is 0 Å². The fraction of sp³-hybridized carbons (Fsp3) is 0.215. The van der Waals surface area contributed by atoms with Gasteiger partial charge in [0, 0.05) is 139 Å². The fourth-order valence-corrected chi connectivity index (χ4v) is 29.1. The number of aromatic nitrogens is 4. The molecule has 0 atom stereocenters. The van der Waals surface area contributed by atoms with E-state index in [2.05, 4.69) is 371 Å². The molecule has 0 aliphatic carbocycles. The first-order valence-corrected chi connectivity index (χ1v) is 60.7. The van der Waals surface area contributed by atoms with Crippen molar-refractivity contribution in [2.75, 3.05) is 0 Å². The lowest BCUT2D eigenvalue weighted by molar-refractivity contribution is -0.667. The highest BCUT2D eigenvalue weighted by molar-refractivity contribution is 6.90. The van der Waals surface area contributed by atoms with Crippen molar-refractivity contribution >= 4 is 128 Å². The Bertz CT molecular complexity index is 8990. The van der Waals surface area contributed by atoms with Crippen molar-refractivity contribution in [1.29, 1.82) is 21.0 Å². The lowest BCUT2D eigenvalue weighted by Crippen LogP contribution is -2.51. The summed E-state index contributed by atoms with van der Waals surface area (Å²) in [7, 11) is 3.94. The Balaban J connectivity index is 0.000000127. The van der Waals surface area contributed by atoms with E-state index < -0.39 is 24.2 Å². The number of nitrogens with zero attached hydrogens (tertiary/aromatic N) is 8. The first-order chi connectivity index (χ1) is 69.2. The minimum Gasteiger partial charge on any atom is -0.454 e. The second-order valence-electron chi connectivity index (χ2n) is 43.0.